The van der Waals surface area contributed by atoms with E-state index in [2.05, 4.69) is 5.32 Å². The molecule has 0 saturated heterocycles. The molecule has 0 unspecified atom stereocenters. The minimum Gasteiger partial charge on any atom is -0.380 e. The van der Waals surface area contributed by atoms with Crippen molar-refractivity contribution in [2.75, 3.05) is 26.8 Å². The van der Waals surface area contributed by atoms with Crippen molar-refractivity contribution >= 4 is 0 Å². The Kier molecular flexibility index (Phi) is 6.10. The standard InChI is InChI=1S/C7H14F3NO/c1-11-4-6-12-5-2-3-7(8,9)10/h11H,2-6H2,1H3. The molecule has 12 heavy (non-hydrogen) atoms. The third kappa shape index (κ3) is 9.71. The first kappa shape index (κ1) is 11.7. The molecule has 0 aromatic heterocycles. The van der Waals surface area contributed by atoms with Crippen LogP contribution in [0.2, 0.25) is 0 Å². The van der Waals surface area contributed by atoms with E-state index in [0.717, 1.165) is 0 Å². The molecule has 0 fully saturated rings. The lowest BCUT2D eigenvalue weighted by Gasteiger charge is -2.06. The van der Waals surface area contributed by atoms with Crippen LogP contribution in [0.1, 0.15) is 12.8 Å². The summed E-state index contributed by atoms with van der Waals surface area (Å²) < 4.78 is 39.6. The molecule has 0 rings (SSSR count). The van der Waals surface area contributed by atoms with Gasteiger partial charge in [-0.25, -0.2) is 0 Å². The van der Waals surface area contributed by atoms with E-state index in [-0.39, 0.29) is 13.0 Å². The normalized spacial score (nSPS) is 12.0. The van der Waals surface area contributed by atoms with Gasteiger partial charge in [-0.2, -0.15) is 13.2 Å². The van der Waals surface area contributed by atoms with Gasteiger partial charge < -0.3 is 10.1 Å². The maximum atomic E-state index is 11.6. The molecule has 1 N–H and O–H groups in total. The van der Waals surface area contributed by atoms with Gasteiger partial charge in [0.2, 0.25) is 0 Å². The summed E-state index contributed by atoms with van der Waals surface area (Å²) >= 11 is 0. The second kappa shape index (κ2) is 6.25. The molecular formula is C7H14F3NO. The molecule has 0 radical (unpaired) electrons. The quantitative estimate of drug-likeness (QED) is 0.634. The SMILES string of the molecule is CNCCOCCCC(F)(F)F. The fourth-order valence-electron chi connectivity index (χ4n) is 0.651. The molecule has 0 aromatic rings. The first-order valence-corrected chi connectivity index (χ1v) is 3.85. The highest BCUT2D eigenvalue weighted by Gasteiger charge is 2.25. The van der Waals surface area contributed by atoms with E-state index in [1.165, 1.54) is 0 Å². The fourth-order valence-corrected chi connectivity index (χ4v) is 0.651. The van der Waals surface area contributed by atoms with Crippen molar-refractivity contribution in [3.63, 3.8) is 0 Å². The van der Waals surface area contributed by atoms with Crippen LogP contribution in [-0.4, -0.2) is 33.0 Å². The van der Waals surface area contributed by atoms with Crippen molar-refractivity contribution in [2.24, 2.45) is 0 Å². The van der Waals surface area contributed by atoms with Crippen LogP contribution in [0.3, 0.4) is 0 Å². The summed E-state index contributed by atoms with van der Waals surface area (Å²) in [6.45, 7) is 1.32. The van der Waals surface area contributed by atoms with Gasteiger partial charge in [0, 0.05) is 19.6 Å². The maximum Gasteiger partial charge on any atom is 0.389 e. The molecule has 0 aliphatic heterocycles. The Labute approximate surface area is 70.1 Å². The number of hydrogen-bond donors (Lipinski definition) is 1. The summed E-state index contributed by atoms with van der Waals surface area (Å²) in [5.74, 6) is 0. The predicted octanol–water partition coefficient (Wildman–Crippen LogP) is 1.56. The Morgan fingerprint density at radius 2 is 1.92 bits per heavy atom. The predicted molar refractivity (Wildman–Crippen MR) is 40.0 cm³/mol. The molecule has 0 aromatic carbocycles. The van der Waals surface area contributed by atoms with E-state index in [9.17, 15) is 13.2 Å². The van der Waals surface area contributed by atoms with Crippen molar-refractivity contribution in [2.45, 2.75) is 19.0 Å². The Morgan fingerprint density at radius 3 is 2.42 bits per heavy atom. The minimum absolute atomic E-state index is 0.0488. The van der Waals surface area contributed by atoms with Crippen LogP contribution in [0.5, 0.6) is 0 Å². The Morgan fingerprint density at radius 1 is 1.25 bits per heavy atom. The topological polar surface area (TPSA) is 21.3 Å². The van der Waals surface area contributed by atoms with Crippen LogP contribution in [0.25, 0.3) is 0 Å². The van der Waals surface area contributed by atoms with Gasteiger partial charge in [-0.05, 0) is 13.5 Å². The molecule has 5 heteroatoms. The van der Waals surface area contributed by atoms with E-state index in [0.29, 0.717) is 13.2 Å². The van der Waals surface area contributed by atoms with Crippen LogP contribution in [0, 0.1) is 0 Å². The largest absolute Gasteiger partial charge is 0.389 e. The van der Waals surface area contributed by atoms with Crippen LogP contribution < -0.4 is 5.32 Å². The van der Waals surface area contributed by atoms with Gasteiger partial charge in [0.25, 0.3) is 0 Å². The van der Waals surface area contributed by atoms with Crippen molar-refractivity contribution in [1.29, 1.82) is 0 Å². The maximum absolute atomic E-state index is 11.6. The van der Waals surface area contributed by atoms with Gasteiger partial charge in [-0.15, -0.1) is 0 Å². The Bertz CT molecular complexity index is 105. The van der Waals surface area contributed by atoms with Crippen molar-refractivity contribution in [3.8, 4) is 0 Å². The highest BCUT2D eigenvalue weighted by atomic mass is 19.4. The number of halogens is 3. The molecule has 0 bridgehead atoms. The summed E-state index contributed by atoms with van der Waals surface area (Å²) in [7, 11) is 1.76. The molecule has 0 heterocycles. The third-order valence-corrected chi connectivity index (χ3v) is 1.25. The highest BCUT2D eigenvalue weighted by molar-refractivity contribution is 4.49. The summed E-state index contributed by atoms with van der Waals surface area (Å²) in [4.78, 5) is 0. The average molecular weight is 185 g/mol. The molecule has 74 valence electrons. The zero-order chi connectivity index (χ0) is 9.45. The van der Waals surface area contributed by atoms with Crippen LogP contribution in [0.15, 0.2) is 0 Å². The zero-order valence-electron chi connectivity index (χ0n) is 7.08. The van der Waals surface area contributed by atoms with Gasteiger partial charge in [0.1, 0.15) is 0 Å². The van der Waals surface area contributed by atoms with E-state index in [4.69, 9.17) is 4.74 Å². The molecule has 0 saturated carbocycles. The zero-order valence-corrected chi connectivity index (χ0v) is 7.08. The lowest BCUT2D eigenvalue weighted by molar-refractivity contribution is -0.137. The number of ether oxygens (including phenoxy) is 1. The number of likely N-dealkylation sites (N-methyl/N-ethyl adjacent to an activating group) is 1. The van der Waals surface area contributed by atoms with Gasteiger partial charge >= 0.3 is 6.18 Å². The van der Waals surface area contributed by atoms with E-state index >= 15 is 0 Å². The van der Waals surface area contributed by atoms with Crippen molar-refractivity contribution in [1.82, 2.24) is 5.32 Å². The lowest BCUT2D eigenvalue weighted by atomic mass is 10.3. The van der Waals surface area contributed by atoms with Crippen LogP contribution >= 0.6 is 0 Å². The van der Waals surface area contributed by atoms with E-state index in [1.807, 2.05) is 0 Å². The molecular weight excluding hydrogens is 171 g/mol. The summed E-state index contributed by atoms with van der Waals surface area (Å²) in [5.41, 5.74) is 0. The number of rotatable bonds is 6. The van der Waals surface area contributed by atoms with Gasteiger partial charge in [-0.1, -0.05) is 0 Å². The Hall–Kier alpha value is -0.290. The molecule has 2 nitrogen and oxygen atoms in total. The number of nitrogens with one attached hydrogen (secondary N) is 1. The van der Waals surface area contributed by atoms with Crippen molar-refractivity contribution in [3.05, 3.63) is 0 Å². The molecule has 0 amide bonds. The summed E-state index contributed by atoms with van der Waals surface area (Å²) in [6.07, 6.45) is -4.76. The van der Waals surface area contributed by atoms with Gasteiger partial charge in [0.15, 0.2) is 0 Å². The first-order valence-electron chi connectivity index (χ1n) is 3.85. The van der Waals surface area contributed by atoms with E-state index in [1.54, 1.807) is 7.05 Å². The van der Waals surface area contributed by atoms with Crippen molar-refractivity contribution < 1.29 is 17.9 Å². The lowest BCUT2D eigenvalue weighted by Crippen LogP contribution is -2.15. The minimum atomic E-state index is -4.05. The van der Waals surface area contributed by atoms with Gasteiger partial charge in [-0.3, -0.25) is 0 Å². The monoisotopic (exact) mass is 185 g/mol. The highest BCUT2D eigenvalue weighted by Crippen LogP contribution is 2.20. The van der Waals surface area contributed by atoms with Crippen LogP contribution in [-0.2, 0) is 4.74 Å². The molecule has 0 atom stereocenters. The van der Waals surface area contributed by atoms with E-state index < -0.39 is 12.6 Å². The molecule has 0 aliphatic carbocycles. The Balaban J connectivity index is 3.01. The first-order chi connectivity index (χ1) is 5.56. The summed E-state index contributed by atoms with van der Waals surface area (Å²) in [5, 5.41) is 2.83. The van der Waals surface area contributed by atoms with Gasteiger partial charge in [0.05, 0.1) is 6.61 Å². The molecule has 0 spiro atoms. The summed E-state index contributed by atoms with van der Waals surface area (Å²) in [6, 6.07) is 0. The second-order valence-electron chi connectivity index (χ2n) is 2.43. The second-order valence-corrected chi connectivity index (χ2v) is 2.43. The van der Waals surface area contributed by atoms with Crippen LogP contribution in [0.4, 0.5) is 13.2 Å². The molecule has 0 aliphatic rings. The number of hydrogen-bond acceptors (Lipinski definition) is 2. The number of alkyl halides is 3. The fraction of sp³-hybridized carbons (Fsp3) is 1.00. The third-order valence-electron chi connectivity index (χ3n) is 1.25. The average Bonchev–Trinajstić information content (AvgIpc) is 1.94. The smallest absolute Gasteiger partial charge is 0.380 e.